The predicted octanol–water partition coefficient (Wildman–Crippen LogP) is 3.34. The number of carbonyl (C=O) groups excluding carboxylic acids is 1. The third kappa shape index (κ3) is 4.34. The highest BCUT2D eigenvalue weighted by Gasteiger charge is 2.10. The first kappa shape index (κ1) is 18.5. The molecule has 2 aromatic carbocycles. The topological polar surface area (TPSA) is 98.7 Å². The van der Waals surface area contributed by atoms with Crippen molar-refractivity contribution in [2.45, 2.75) is 19.8 Å². The Balaban J connectivity index is 1.36. The van der Waals surface area contributed by atoms with Crippen LogP contribution >= 0.6 is 0 Å². The number of oxazole rings is 1. The van der Waals surface area contributed by atoms with Crippen molar-refractivity contribution in [3.63, 3.8) is 0 Å². The van der Waals surface area contributed by atoms with Gasteiger partial charge in [-0.2, -0.15) is 4.68 Å². The van der Waals surface area contributed by atoms with E-state index in [4.69, 9.17) is 4.42 Å². The van der Waals surface area contributed by atoms with Crippen molar-refractivity contribution < 1.29 is 13.6 Å². The molecule has 0 radical (unpaired) electrons. The normalized spacial score (nSPS) is 10.8. The van der Waals surface area contributed by atoms with Gasteiger partial charge in [-0.15, -0.1) is 5.10 Å². The monoisotopic (exact) mass is 392 g/mol. The number of carbonyl (C=O) groups is 1. The molecule has 9 heteroatoms. The summed E-state index contributed by atoms with van der Waals surface area (Å²) in [6.07, 6.45) is 2.12. The number of nitrogens with one attached hydrogen (secondary N) is 1. The van der Waals surface area contributed by atoms with Crippen molar-refractivity contribution in [3.05, 3.63) is 72.3 Å². The van der Waals surface area contributed by atoms with Crippen LogP contribution < -0.4 is 5.32 Å². The number of nitrogens with zero attached hydrogens (tertiary/aromatic N) is 5. The molecule has 0 aliphatic heterocycles. The largest absolute Gasteiger partial charge is 0.441 e. The smallest absolute Gasteiger partial charge is 0.224 e. The van der Waals surface area contributed by atoms with Crippen LogP contribution in [0.2, 0.25) is 0 Å². The lowest BCUT2D eigenvalue weighted by atomic mass is 10.2. The molecule has 146 valence electrons. The van der Waals surface area contributed by atoms with Crippen LogP contribution in [0.1, 0.15) is 18.1 Å². The molecule has 0 saturated carbocycles. The Labute approximate surface area is 165 Å². The number of amides is 1. The van der Waals surface area contributed by atoms with Gasteiger partial charge in [0.15, 0.2) is 17.5 Å². The number of hydrogen-bond donors (Lipinski definition) is 1. The summed E-state index contributed by atoms with van der Waals surface area (Å²) in [4.78, 5) is 16.5. The molecule has 4 aromatic rings. The van der Waals surface area contributed by atoms with E-state index in [1.54, 1.807) is 42.1 Å². The Bertz CT molecular complexity index is 1140. The average molecular weight is 392 g/mol. The van der Waals surface area contributed by atoms with Gasteiger partial charge in [0.05, 0.1) is 11.9 Å². The highest BCUT2D eigenvalue weighted by molar-refractivity contribution is 5.91. The Morgan fingerprint density at radius 1 is 1.21 bits per heavy atom. The molecule has 0 unspecified atom stereocenters. The van der Waals surface area contributed by atoms with Crippen LogP contribution in [0.5, 0.6) is 0 Å². The van der Waals surface area contributed by atoms with Crippen LogP contribution in [-0.4, -0.2) is 31.1 Å². The number of aryl methyl sites for hydroxylation is 2. The number of halogens is 1. The van der Waals surface area contributed by atoms with E-state index in [1.807, 2.05) is 12.1 Å². The Morgan fingerprint density at radius 3 is 2.79 bits per heavy atom. The van der Waals surface area contributed by atoms with E-state index in [2.05, 4.69) is 25.8 Å². The average Bonchev–Trinajstić information content (AvgIpc) is 3.36. The van der Waals surface area contributed by atoms with E-state index >= 15 is 0 Å². The zero-order valence-corrected chi connectivity index (χ0v) is 15.5. The van der Waals surface area contributed by atoms with Gasteiger partial charge in [0.2, 0.25) is 5.91 Å². The van der Waals surface area contributed by atoms with Gasteiger partial charge < -0.3 is 9.73 Å². The van der Waals surface area contributed by atoms with Gasteiger partial charge in [-0.05, 0) is 59.8 Å². The Hall–Kier alpha value is -3.88. The summed E-state index contributed by atoms with van der Waals surface area (Å²) < 4.78 is 20.3. The van der Waals surface area contributed by atoms with E-state index in [9.17, 15) is 9.18 Å². The van der Waals surface area contributed by atoms with Gasteiger partial charge in [-0.1, -0.05) is 6.07 Å². The summed E-state index contributed by atoms with van der Waals surface area (Å²) in [5.74, 6) is 1.14. The maximum Gasteiger partial charge on any atom is 0.224 e. The lowest BCUT2D eigenvalue weighted by Crippen LogP contribution is -2.12. The minimum atomic E-state index is -0.315. The second-order valence-corrected chi connectivity index (χ2v) is 6.36. The molecule has 0 aliphatic carbocycles. The Morgan fingerprint density at radius 2 is 2.03 bits per heavy atom. The van der Waals surface area contributed by atoms with Gasteiger partial charge >= 0.3 is 0 Å². The molecule has 0 atom stereocenters. The van der Waals surface area contributed by atoms with Crippen LogP contribution in [0, 0.1) is 12.7 Å². The summed E-state index contributed by atoms with van der Waals surface area (Å²) >= 11 is 0. The maximum absolute atomic E-state index is 13.0. The van der Waals surface area contributed by atoms with Gasteiger partial charge in [0, 0.05) is 24.1 Å². The van der Waals surface area contributed by atoms with E-state index in [-0.39, 0.29) is 18.1 Å². The van der Waals surface area contributed by atoms with Crippen molar-refractivity contribution in [3.8, 4) is 17.0 Å². The molecule has 0 saturated heterocycles. The van der Waals surface area contributed by atoms with Crippen LogP contribution in [0.4, 0.5) is 10.1 Å². The molecular weight excluding hydrogens is 375 g/mol. The molecule has 0 spiro atoms. The molecular formula is C20H17FN6O2. The minimum Gasteiger partial charge on any atom is -0.441 e. The van der Waals surface area contributed by atoms with Crippen molar-refractivity contribution in [2.75, 3.05) is 5.32 Å². The molecule has 1 amide bonds. The number of benzene rings is 2. The number of rotatable bonds is 6. The number of hydrogen-bond acceptors (Lipinski definition) is 6. The fourth-order valence-electron chi connectivity index (χ4n) is 2.80. The van der Waals surface area contributed by atoms with Gasteiger partial charge in [-0.25, -0.2) is 9.37 Å². The molecule has 0 aliphatic rings. The van der Waals surface area contributed by atoms with E-state index in [0.29, 0.717) is 29.6 Å². The van der Waals surface area contributed by atoms with Gasteiger partial charge in [0.1, 0.15) is 5.82 Å². The second-order valence-electron chi connectivity index (χ2n) is 6.36. The maximum atomic E-state index is 13.0. The molecule has 1 N–H and O–H groups in total. The van der Waals surface area contributed by atoms with E-state index in [0.717, 1.165) is 11.3 Å². The van der Waals surface area contributed by atoms with Crippen molar-refractivity contribution in [1.82, 2.24) is 25.2 Å². The summed E-state index contributed by atoms with van der Waals surface area (Å²) in [5, 5.41) is 14.2. The minimum absolute atomic E-state index is 0.169. The highest BCUT2D eigenvalue weighted by Crippen LogP contribution is 2.21. The summed E-state index contributed by atoms with van der Waals surface area (Å²) in [7, 11) is 0. The third-order valence-electron chi connectivity index (χ3n) is 4.25. The van der Waals surface area contributed by atoms with Crippen LogP contribution in [0.25, 0.3) is 17.0 Å². The fraction of sp³-hybridized carbons (Fsp3) is 0.150. The quantitative estimate of drug-likeness (QED) is 0.540. The molecule has 2 aromatic heterocycles. The zero-order chi connectivity index (χ0) is 20.2. The first-order valence-electron chi connectivity index (χ1n) is 8.94. The van der Waals surface area contributed by atoms with E-state index < -0.39 is 0 Å². The van der Waals surface area contributed by atoms with Gasteiger partial charge in [-0.3, -0.25) is 4.79 Å². The predicted molar refractivity (Wildman–Crippen MR) is 103 cm³/mol. The van der Waals surface area contributed by atoms with Crippen molar-refractivity contribution in [2.24, 2.45) is 0 Å². The van der Waals surface area contributed by atoms with E-state index in [1.165, 1.54) is 12.1 Å². The third-order valence-corrected chi connectivity index (χ3v) is 4.25. The summed E-state index contributed by atoms with van der Waals surface area (Å²) in [5.41, 5.74) is 2.12. The number of tetrazole rings is 1. The van der Waals surface area contributed by atoms with Crippen molar-refractivity contribution in [1.29, 1.82) is 0 Å². The van der Waals surface area contributed by atoms with Gasteiger partial charge in [0.25, 0.3) is 0 Å². The standard InChI is InChI=1S/C20H17FN6O2/c1-13-24-25-26-27(13)17-4-2-3-16(11-17)23-19(28)9-10-20-22-12-18(29-20)14-5-7-15(21)8-6-14/h2-8,11-12H,9-10H2,1H3,(H,23,28). The first-order chi connectivity index (χ1) is 14.1. The van der Waals surface area contributed by atoms with Crippen LogP contribution in [0.15, 0.2) is 59.1 Å². The first-order valence-corrected chi connectivity index (χ1v) is 8.94. The second kappa shape index (κ2) is 8.01. The molecule has 0 bridgehead atoms. The molecule has 0 fully saturated rings. The summed E-state index contributed by atoms with van der Waals surface area (Å²) in [6.45, 7) is 1.79. The number of aromatic nitrogens is 5. The summed E-state index contributed by atoms with van der Waals surface area (Å²) in [6, 6.07) is 13.2. The fourth-order valence-corrected chi connectivity index (χ4v) is 2.80. The molecule has 8 nitrogen and oxygen atoms in total. The molecule has 29 heavy (non-hydrogen) atoms. The van der Waals surface area contributed by atoms with Crippen molar-refractivity contribution >= 4 is 11.6 Å². The zero-order valence-electron chi connectivity index (χ0n) is 15.5. The lowest BCUT2D eigenvalue weighted by Gasteiger charge is -2.07. The lowest BCUT2D eigenvalue weighted by molar-refractivity contribution is -0.116. The molecule has 4 rings (SSSR count). The highest BCUT2D eigenvalue weighted by atomic mass is 19.1. The molecule has 2 heterocycles. The number of anilines is 1. The SMILES string of the molecule is Cc1nnnn1-c1cccc(NC(=O)CCc2ncc(-c3ccc(F)cc3)o2)c1. The Kier molecular flexibility index (Phi) is 5.10. The van der Waals surface area contributed by atoms with Crippen LogP contribution in [-0.2, 0) is 11.2 Å². The van der Waals surface area contributed by atoms with Crippen LogP contribution in [0.3, 0.4) is 0 Å².